The van der Waals surface area contributed by atoms with Crippen molar-refractivity contribution in [2.75, 3.05) is 5.75 Å². The summed E-state index contributed by atoms with van der Waals surface area (Å²) in [7, 11) is -3.39. The molecule has 0 fully saturated rings. The number of sulfone groups is 1. The Balaban J connectivity index is 0.00000211. The van der Waals surface area contributed by atoms with Gasteiger partial charge in [-0.3, -0.25) is 4.79 Å². The van der Waals surface area contributed by atoms with Gasteiger partial charge in [-0.15, -0.1) is 0 Å². The molecule has 1 rings (SSSR count). The van der Waals surface area contributed by atoms with Crippen LogP contribution in [0.15, 0.2) is 30.3 Å². The van der Waals surface area contributed by atoms with Crippen LogP contribution >= 0.6 is 0 Å². The van der Waals surface area contributed by atoms with Crippen LogP contribution in [0.5, 0.6) is 0 Å². The Morgan fingerprint density at radius 3 is 2.14 bits per heavy atom. The minimum Gasteiger partial charge on any atom is -0.321 e. The fraction of sp³-hybridized carbons (Fsp3) is 0.588. The number of hydrogen-bond acceptors (Lipinski definition) is 4. The number of rotatable bonds is 7. The van der Waals surface area contributed by atoms with E-state index in [1.807, 2.05) is 26.8 Å². The zero-order valence-electron chi connectivity index (χ0n) is 14.3. The molecule has 4 nitrogen and oxygen atoms in total. The third-order valence-corrected chi connectivity index (χ3v) is 5.19. The summed E-state index contributed by atoms with van der Waals surface area (Å²) >= 11 is 0. The van der Waals surface area contributed by atoms with Crippen LogP contribution in [0.3, 0.4) is 0 Å². The van der Waals surface area contributed by atoms with Crippen LogP contribution in [0.1, 0.15) is 46.6 Å². The average molecular weight is 327 g/mol. The lowest BCUT2D eigenvalue weighted by atomic mass is 9.82. The van der Waals surface area contributed by atoms with Gasteiger partial charge in [0.25, 0.3) is 0 Å². The van der Waals surface area contributed by atoms with E-state index in [-0.39, 0.29) is 17.3 Å². The number of benzene rings is 1. The summed E-state index contributed by atoms with van der Waals surface area (Å²) in [6.07, 6.45) is 0.637. The Bertz CT molecular complexity index is 551. The summed E-state index contributed by atoms with van der Waals surface area (Å²) in [5, 5.41) is 0. The molecule has 22 heavy (non-hydrogen) atoms. The monoisotopic (exact) mass is 327 g/mol. The van der Waals surface area contributed by atoms with E-state index in [1.165, 1.54) is 0 Å². The lowest BCUT2D eigenvalue weighted by Gasteiger charge is -2.24. The van der Waals surface area contributed by atoms with Crippen LogP contribution in [0.25, 0.3) is 0 Å². The number of nitrogens with two attached hydrogens (primary N) is 1. The average Bonchev–Trinajstić information content (AvgIpc) is 2.48. The van der Waals surface area contributed by atoms with Crippen LogP contribution in [-0.4, -0.2) is 26.0 Å². The van der Waals surface area contributed by atoms with E-state index in [2.05, 4.69) is 0 Å². The van der Waals surface area contributed by atoms with E-state index in [0.717, 1.165) is 0 Å². The highest BCUT2D eigenvalue weighted by atomic mass is 32.2. The van der Waals surface area contributed by atoms with Gasteiger partial charge >= 0.3 is 0 Å². The number of carbonyl (C=O) groups is 1. The van der Waals surface area contributed by atoms with Crippen LogP contribution in [-0.2, 0) is 20.4 Å². The fourth-order valence-corrected chi connectivity index (χ4v) is 3.43. The molecule has 1 aromatic rings. The smallest absolute Gasteiger partial charge is 0.156 e. The van der Waals surface area contributed by atoms with Crippen LogP contribution in [0.2, 0.25) is 0 Å². The Morgan fingerprint density at radius 2 is 1.68 bits per heavy atom. The van der Waals surface area contributed by atoms with Gasteiger partial charge < -0.3 is 5.73 Å². The lowest BCUT2D eigenvalue weighted by molar-refractivity contribution is -0.128. The molecule has 0 saturated heterocycles. The normalized spacial score (nSPS) is 13.0. The van der Waals surface area contributed by atoms with Crippen molar-refractivity contribution in [3.63, 3.8) is 0 Å². The molecule has 0 amide bonds. The van der Waals surface area contributed by atoms with E-state index >= 15 is 0 Å². The second-order valence-electron chi connectivity index (χ2n) is 5.75. The highest BCUT2D eigenvalue weighted by Gasteiger charge is 2.32. The predicted molar refractivity (Wildman–Crippen MR) is 92.3 cm³/mol. The third kappa shape index (κ3) is 6.71. The fourth-order valence-electron chi connectivity index (χ4n) is 1.91. The molecule has 1 atom stereocenters. The predicted octanol–water partition coefficient (Wildman–Crippen LogP) is 2.96. The molecule has 0 aliphatic carbocycles. The zero-order chi connectivity index (χ0) is 17.4. The molecule has 0 radical (unpaired) electrons. The van der Waals surface area contributed by atoms with Crippen molar-refractivity contribution in [2.45, 2.75) is 52.8 Å². The maximum Gasteiger partial charge on any atom is 0.156 e. The van der Waals surface area contributed by atoms with Gasteiger partial charge in [-0.25, -0.2) is 8.42 Å². The van der Waals surface area contributed by atoms with Crippen LogP contribution in [0, 0.1) is 5.41 Å². The molecular formula is C17H29NO3S. The zero-order valence-corrected chi connectivity index (χ0v) is 15.1. The van der Waals surface area contributed by atoms with Gasteiger partial charge in [0, 0.05) is 5.41 Å². The van der Waals surface area contributed by atoms with E-state index in [1.54, 1.807) is 38.1 Å². The molecule has 0 heterocycles. The lowest BCUT2D eigenvalue weighted by Crippen LogP contribution is -2.44. The molecule has 0 bridgehead atoms. The van der Waals surface area contributed by atoms with Gasteiger partial charge in [0.15, 0.2) is 15.6 Å². The third-order valence-electron chi connectivity index (χ3n) is 3.55. The number of Topliss-reactive ketones (excluding diaryl/α,β-unsaturated/α-hetero) is 1. The van der Waals surface area contributed by atoms with Crippen molar-refractivity contribution in [3.8, 4) is 0 Å². The Kier molecular flexibility index (Phi) is 8.56. The van der Waals surface area contributed by atoms with Gasteiger partial charge in [0.05, 0.1) is 17.5 Å². The highest BCUT2D eigenvalue weighted by Crippen LogP contribution is 2.23. The quantitative estimate of drug-likeness (QED) is 0.835. The molecule has 0 aromatic heterocycles. The number of carbonyl (C=O) groups excluding carboxylic acids is 1. The van der Waals surface area contributed by atoms with Gasteiger partial charge in [-0.2, -0.15) is 0 Å². The summed E-state index contributed by atoms with van der Waals surface area (Å²) in [5.74, 6) is -0.581. The molecule has 1 aromatic carbocycles. The molecule has 5 heteroatoms. The summed E-state index contributed by atoms with van der Waals surface area (Å²) in [6.45, 7) is 9.47. The first-order valence-electron chi connectivity index (χ1n) is 7.72. The first-order chi connectivity index (χ1) is 10.2. The minimum atomic E-state index is -3.39. The molecule has 2 N–H and O–H groups in total. The Hall–Kier alpha value is -1.20. The Morgan fingerprint density at radius 1 is 1.18 bits per heavy atom. The van der Waals surface area contributed by atoms with E-state index in [4.69, 9.17) is 5.73 Å². The molecular weight excluding hydrogens is 298 g/mol. The van der Waals surface area contributed by atoms with Crippen LogP contribution in [0.4, 0.5) is 0 Å². The molecule has 0 aliphatic rings. The first kappa shape index (κ1) is 20.8. The van der Waals surface area contributed by atoms with Gasteiger partial charge in [0.1, 0.15) is 0 Å². The van der Waals surface area contributed by atoms with E-state index < -0.39 is 21.3 Å². The summed E-state index contributed by atoms with van der Waals surface area (Å²) in [5.41, 5.74) is 5.92. The number of hydrogen-bond donors (Lipinski definition) is 1. The molecule has 1 unspecified atom stereocenters. The van der Waals surface area contributed by atoms with Gasteiger partial charge in [0.2, 0.25) is 0 Å². The highest BCUT2D eigenvalue weighted by molar-refractivity contribution is 7.90. The first-order valence-corrected chi connectivity index (χ1v) is 9.54. The van der Waals surface area contributed by atoms with Crippen molar-refractivity contribution in [1.29, 1.82) is 0 Å². The molecule has 126 valence electrons. The molecule has 0 aliphatic heterocycles. The second-order valence-corrected chi connectivity index (χ2v) is 7.86. The Labute approximate surface area is 135 Å². The maximum atomic E-state index is 12.1. The van der Waals surface area contributed by atoms with E-state index in [9.17, 15) is 13.2 Å². The summed E-state index contributed by atoms with van der Waals surface area (Å²) < 4.78 is 24.2. The van der Waals surface area contributed by atoms with Crippen molar-refractivity contribution >= 4 is 15.6 Å². The topological polar surface area (TPSA) is 77.2 Å². The molecule has 0 spiro atoms. The van der Waals surface area contributed by atoms with Gasteiger partial charge in [-0.1, -0.05) is 65.0 Å². The summed E-state index contributed by atoms with van der Waals surface area (Å²) in [4.78, 5) is 12.1. The molecule has 0 saturated carbocycles. The van der Waals surface area contributed by atoms with Crippen molar-refractivity contribution in [3.05, 3.63) is 35.9 Å². The largest absolute Gasteiger partial charge is 0.321 e. The van der Waals surface area contributed by atoms with Crippen LogP contribution < -0.4 is 5.73 Å². The van der Waals surface area contributed by atoms with Crippen molar-refractivity contribution in [1.82, 2.24) is 0 Å². The SMILES string of the molecule is CC.CCC(C)(C)C(=O)C(N)CS(=O)(=O)Cc1ccccc1. The number of ketones is 1. The summed E-state index contributed by atoms with van der Waals surface area (Å²) in [6, 6.07) is 7.95. The second kappa shape index (κ2) is 9.06. The van der Waals surface area contributed by atoms with E-state index in [0.29, 0.717) is 12.0 Å². The maximum absolute atomic E-state index is 12.1. The van der Waals surface area contributed by atoms with Gasteiger partial charge in [-0.05, 0) is 12.0 Å². The van der Waals surface area contributed by atoms with Crippen molar-refractivity contribution in [2.24, 2.45) is 11.1 Å². The minimum absolute atomic E-state index is 0.0820. The standard InChI is InChI=1S/C15H23NO3S.C2H6/c1-4-15(2,3)14(17)13(16)11-20(18,19)10-12-8-6-5-7-9-12;1-2/h5-9,13H,4,10-11,16H2,1-3H3;1-2H3. The van der Waals surface area contributed by atoms with Crippen molar-refractivity contribution < 1.29 is 13.2 Å².